The quantitative estimate of drug-likeness (QED) is 0.861. The van der Waals surface area contributed by atoms with Crippen molar-refractivity contribution in [2.75, 3.05) is 31.1 Å². The second-order valence-corrected chi connectivity index (χ2v) is 5.62. The lowest BCUT2D eigenvalue weighted by atomic mass is 9.74. The van der Waals surface area contributed by atoms with Crippen LogP contribution < -0.4 is 15.0 Å². The van der Waals surface area contributed by atoms with Gasteiger partial charge in [-0.3, -0.25) is 0 Å². The van der Waals surface area contributed by atoms with Crippen LogP contribution in [0.3, 0.4) is 0 Å². The Labute approximate surface area is 103 Å². The number of nitrogens with one attached hydrogen (secondary N) is 1. The fraction of sp³-hybridized carbons (Fsp3) is 0.571. The van der Waals surface area contributed by atoms with Gasteiger partial charge < -0.3 is 15.0 Å². The fourth-order valence-electron chi connectivity index (χ4n) is 2.66. The van der Waals surface area contributed by atoms with Gasteiger partial charge in [0.1, 0.15) is 5.75 Å². The van der Waals surface area contributed by atoms with Gasteiger partial charge in [0.2, 0.25) is 0 Å². The molecule has 0 saturated carbocycles. The van der Waals surface area contributed by atoms with Crippen molar-refractivity contribution in [3.63, 3.8) is 0 Å². The summed E-state index contributed by atoms with van der Waals surface area (Å²) in [6.07, 6.45) is 0.245. The Hall–Kier alpha value is -1.22. The van der Waals surface area contributed by atoms with E-state index in [0.29, 0.717) is 5.41 Å². The molecule has 3 rings (SSSR count). The standard InChI is InChI=1S/C14H20N2O/c1-11(2)17-13-5-3-12(4-6-13)16-9-14(10-16)7-15-8-14/h3-6,11,15H,7-10H2,1-2H3. The number of rotatable bonds is 3. The highest BCUT2D eigenvalue weighted by molar-refractivity contribution is 5.52. The molecule has 2 aliphatic heterocycles. The molecule has 0 radical (unpaired) electrons. The second kappa shape index (κ2) is 3.91. The smallest absolute Gasteiger partial charge is 0.119 e. The summed E-state index contributed by atoms with van der Waals surface area (Å²) in [4.78, 5) is 2.44. The molecule has 0 unspecified atom stereocenters. The molecule has 0 bridgehead atoms. The predicted molar refractivity (Wildman–Crippen MR) is 69.7 cm³/mol. The zero-order chi connectivity index (χ0) is 11.9. The monoisotopic (exact) mass is 232 g/mol. The van der Waals surface area contributed by atoms with Crippen LogP contribution in [-0.4, -0.2) is 32.3 Å². The minimum atomic E-state index is 0.245. The van der Waals surface area contributed by atoms with Crippen LogP contribution in [0.25, 0.3) is 0 Å². The SMILES string of the molecule is CC(C)Oc1ccc(N2CC3(CNC3)C2)cc1. The van der Waals surface area contributed by atoms with Crippen molar-refractivity contribution in [1.29, 1.82) is 0 Å². The van der Waals surface area contributed by atoms with E-state index in [1.165, 1.54) is 31.9 Å². The van der Waals surface area contributed by atoms with Crippen molar-refractivity contribution < 1.29 is 4.74 Å². The van der Waals surface area contributed by atoms with Crippen LogP contribution in [0.2, 0.25) is 0 Å². The Morgan fingerprint density at radius 1 is 1.18 bits per heavy atom. The minimum absolute atomic E-state index is 0.245. The Kier molecular flexibility index (Phi) is 2.51. The van der Waals surface area contributed by atoms with Gasteiger partial charge in [-0.15, -0.1) is 0 Å². The number of hydrogen-bond acceptors (Lipinski definition) is 3. The number of benzene rings is 1. The van der Waals surface area contributed by atoms with E-state index in [1.54, 1.807) is 0 Å². The molecule has 0 atom stereocenters. The summed E-state index contributed by atoms with van der Waals surface area (Å²) in [6, 6.07) is 8.46. The number of anilines is 1. The van der Waals surface area contributed by atoms with Crippen LogP contribution >= 0.6 is 0 Å². The summed E-state index contributed by atoms with van der Waals surface area (Å²) in [5.74, 6) is 0.962. The highest BCUT2D eigenvalue weighted by atomic mass is 16.5. The molecule has 1 aromatic rings. The number of ether oxygens (including phenoxy) is 1. The topological polar surface area (TPSA) is 24.5 Å². The molecular weight excluding hydrogens is 212 g/mol. The van der Waals surface area contributed by atoms with E-state index < -0.39 is 0 Å². The molecule has 1 N–H and O–H groups in total. The van der Waals surface area contributed by atoms with Gasteiger partial charge in [0, 0.05) is 37.3 Å². The molecule has 2 aliphatic rings. The van der Waals surface area contributed by atoms with Gasteiger partial charge >= 0.3 is 0 Å². The first-order valence-corrected chi connectivity index (χ1v) is 6.39. The summed E-state index contributed by atoms with van der Waals surface area (Å²) in [7, 11) is 0. The molecule has 2 fully saturated rings. The predicted octanol–water partition coefficient (Wildman–Crippen LogP) is 1.88. The lowest BCUT2D eigenvalue weighted by Crippen LogP contribution is -2.71. The Bertz CT molecular complexity index is 387. The Morgan fingerprint density at radius 2 is 1.82 bits per heavy atom. The summed E-state index contributed by atoms with van der Waals surface area (Å²) < 4.78 is 5.65. The van der Waals surface area contributed by atoms with E-state index in [-0.39, 0.29) is 6.10 Å². The van der Waals surface area contributed by atoms with Gasteiger partial charge in [0.05, 0.1) is 6.10 Å². The zero-order valence-electron chi connectivity index (χ0n) is 10.6. The summed E-state index contributed by atoms with van der Waals surface area (Å²) in [5.41, 5.74) is 1.91. The molecule has 0 aromatic heterocycles. The third kappa shape index (κ3) is 2.00. The van der Waals surface area contributed by atoms with Crippen molar-refractivity contribution in [3.05, 3.63) is 24.3 Å². The number of hydrogen-bond donors (Lipinski definition) is 1. The second-order valence-electron chi connectivity index (χ2n) is 5.62. The van der Waals surface area contributed by atoms with Gasteiger partial charge in [-0.25, -0.2) is 0 Å². The minimum Gasteiger partial charge on any atom is -0.491 e. The van der Waals surface area contributed by atoms with E-state index in [4.69, 9.17) is 4.74 Å². The first kappa shape index (κ1) is 10.9. The van der Waals surface area contributed by atoms with Crippen molar-refractivity contribution in [2.45, 2.75) is 20.0 Å². The van der Waals surface area contributed by atoms with Crippen LogP contribution in [0.5, 0.6) is 5.75 Å². The molecule has 2 saturated heterocycles. The maximum Gasteiger partial charge on any atom is 0.119 e. The van der Waals surface area contributed by atoms with Crippen LogP contribution in [0.1, 0.15) is 13.8 Å². The van der Waals surface area contributed by atoms with E-state index in [9.17, 15) is 0 Å². The molecule has 92 valence electrons. The lowest BCUT2D eigenvalue weighted by Gasteiger charge is -2.57. The molecule has 0 aliphatic carbocycles. The molecule has 2 heterocycles. The lowest BCUT2D eigenvalue weighted by molar-refractivity contribution is 0.121. The van der Waals surface area contributed by atoms with E-state index >= 15 is 0 Å². The van der Waals surface area contributed by atoms with Gasteiger partial charge in [-0.05, 0) is 38.1 Å². The van der Waals surface area contributed by atoms with Gasteiger partial charge in [0.25, 0.3) is 0 Å². The molecule has 3 nitrogen and oxygen atoms in total. The van der Waals surface area contributed by atoms with E-state index in [2.05, 4.69) is 48.3 Å². The van der Waals surface area contributed by atoms with Crippen LogP contribution in [0.15, 0.2) is 24.3 Å². The van der Waals surface area contributed by atoms with Crippen LogP contribution in [-0.2, 0) is 0 Å². The maximum absolute atomic E-state index is 5.65. The molecule has 1 spiro atoms. The Morgan fingerprint density at radius 3 is 2.29 bits per heavy atom. The normalized spacial score (nSPS) is 21.2. The first-order chi connectivity index (χ1) is 8.17. The third-order valence-corrected chi connectivity index (χ3v) is 3.63. The third-order valence-electron chi connectivity index (χ3n) is 3.63. The van der Waals surface area contributed by atoms with Crippen molar-refractivity contribution >= 4 is 5.69 Å². The zero-order valence-corrected chi connectivity index (χ0v) is 10.6. The van der Waals surface area contributed by atoms with Crippen LogP contribution in [0.4, 0.5) is 5.69 Å². The van der Waals surface area contributed by atoms with E-state index in [0.717, 1.165) is 5.75 Å². The molecule has 0 amide bonds. The fourth-order valence-corrected chi connectivity index (χ4v) is 2.66. The van der Waals surface area contributed by atoms with Gasteiger partial charge in [0.15, 0.2) is 0 Å². The molecular formula is C14H20N2O. The largest absolute Gasteiger partial charge is 0.491 e. The summed E-state index contributed by atoms with van der Waals surface area (Å²) in [5, 5.41) is 3.36. The van der Waals surface area contributed by atoms with Crippen molar-refractivity contribution in [3.8, 4) is 5.75 Å². The first-order valence-electron chi connectivity index (χ1n) is 6.39. The van der Waals surface area contributed by atoms with Gasteiger partial charge in [-0.1, -0.05) is 0 Å². The molecule has 1 aromatic carbocycles. The highest BCUT2D eigenvalue weighted by Crippen LogP contribution is 2.37. The van der Waals surface area contributed by atoms with Crippen molar-refractivity contribution in [1.82, 2.24) is 5.32 Å². The summed E-state index contributed by atoms with van der Waals surface area (Å²) >= 11 is 0. The molecule has 3 heteroatoms. The molecule has 17 heavy (non-hydrogen) atoms. The average Bonchev–Trinajstić information content (AvgIpc) is 2.15. The Balaban J connectivity index is 1.61. The van der Waals surface area contributed by atoms with Crippen LogP contribution in [0, 0.1) is 5.41 Å². The maximum atomic E-state index is 5.65. The van der Waals surface area contributed by atoms with E-state index in [1.807, 2.05) is 0 Å². The van der Waals surface area contributed by atoms with Crippen molar-refractivity contribution in [2.24, 2.45) is 5.41 Å². The number of nitrogens with zero attached hydrogens (tertiary/aromatic N) is 1. The average molecular weight is 232 g/mol. The summed E-state index contributed by atoms with van der Waals surface area (Å²) in [6.45, 7) is 8.89. The highest BCUT2D eigenvalue weighted by Gasteiger charge is 2.47. The van der Waals surface area contributed by atoms with Gasteiger partial charge in [-0.2, -0.15) is 0 Å².